The molecule has 0 bridgehead atoms. The third kappa shape index (κ3) is 11.6. The molecule has 0 saturated carbocycles. The summed E-state index contributed by atoms with van der Waals surface area (Å²) in [5.41, 5.74) is 0. The van der Waals surface area contributed by atoms with Crippen molar-refractivity contribution < 1.29 is 30.9 Å². The van der Waals surface area contributed by atoms with E-state index in [-0.39, 0.29) is 0 Å². The van der Waals surface area contributed by atoms with Crippen LogP contribution in [0.25, 0.3) is 0 Å². The van der Waals surface area contributed by atoms with Crippen LogP contribution in [-0.4, -0.2) is 26.3 Å². The molecule has 0 saturated heterocycles. The quantitative estimate of drug-likeness (QED) is 0.384. The van der Waals surface area contributed by atoms with Gasteiger partial charge in [-0.3, -0.25) is 0 Å². The fraction of sp³-hybridized carbons (Fsp3) is 1.00. The zero-order valence-corrected chi connectivity index (χ0v) is 6.58. The molecule has 0 spiro atoms. The summed E-state index contributed by atoms with van der Waals surface area (Å²) in [5.74, 6) is 0. The molecule has 0 N–H and O–H groups in total. The molecule has 0 aliphatic carbocycles. The third-order valence-electron chi connectivity index (χ3n) is 1.06. The molecule has 0 aromatic rings. The van der Waals surface area contributed by atoms with Crippen LogP contribution in [0.3, 0.4) is 0 Å². The minimum atomic E-state index is -5.05. The molecule has 0 rings (SSSR count). The predicted molar refractivity (Wildman–Crippen MR) is 35.2 cm³/mol. The third-order valence-corrected chi connectivity index (χ3v) is 1.06. The smallest absolute Gasteiger partial charge is 0.447 e. The highest BCUT2D eigenvalue weighted by atomic mass is 19.4. The van der Waals surface area contributed by atoms with Gasteiger partial charge in [-0.15, -0.1) is 0 Å². The molecule has 0 aliphatic heterocycles. The molecule has 0 atom stereocenters. The van der Waals surface area contributed by atoms with E-state index in [0.29, 0.717) is 0 Å². The molecular formula is C5H8BF6O-. The van der Waals surface area contributed by atoms with Gasteiger partial charge >= 0.3 is 13.2 Å². The molecule has 0 aromatic carbocycles. The highest BCUT2D eigenvalue weighted by molar-refractivity contribution is 6.58. The zero-order chi connectivity index (χ0) is 10.5. The van der Waals surface area contributed by atoms with Gasteiger partial charge < -0.3 is 17.7 Å². The summed E-state index contributed by atoms with van der Waals surface area (Å²) in [6.07, 6.45) is -5.87. The largest absolute Gasteiger partial charge is 0.503 e. The lowest BCUT2D eigenvalue weighted by Gasteiger charge is -2.13. The number of ether oxygens (including phenoxy) is 1. The van der Waals surface area contributed by atoms with Crippen molar-refractivity contribution >= 4 is 6.98 Å². The van der Waals surface area contributed by atoms with Gasteiger partial charge in [0.1, 0.15) is 0 Å². The Morgan fingerprint density at radius 2 is 1.62 bits per heavy atom. The molecule has 0 aliphatic rings. The van der Waals surface area contributed by atoms with Gasteiger partial charge in [0.05, 0.1) is 0 Å². The Bertz CT molecular complexity index is 125. The minimum absolute atomic E-state index is 0.435. The Morgan fingerprint density at radius 1 is 1.08 bits per heavy atom. The summed E-state index contributed by atoms with van der Waals surface area (Å²) in [5, 5.41) is 0. The monoisotopic (exact) mass is 209 g/mol. The van der Waals surface area contributed by atoms with Crippen LogP contribution >= 0.6 is 0 Å². The Hall–Kier alpha value is -0.395. The van der Waals surface area contributed by atoms with Crippen LogP contribution in [0.1, 0.15) is 12.8 Å². The van der Waals surface area contributed by atoms with E-state index in [2.05, 4.69) is 4.74 Å². The first kappa shape index (κ1) is 12.6. The molecule has 0 heterocycles. The number of rotatable bonds is 5. The normalized spacial score (nSPS) is 13.4. The van der Waals surface area contributed by atoms with E-state index in [1.165, 1.54) is 0 Å². The molecular weight excluding hydrogens is 201 g/mol. The van der Waals surface area contributed by atoms with Crippen molar-refractivity contribution in [2.24, 2.45) is 0 Å². The average Bonchev–Trinajstić information content (AvgIpc) is 1.81. The molecule has 0 aromatic heterocycles. The zero-order valence-electron chi connectivity index (χ0n) is 6.58. The van der Waals surface area contributed by atoms with Crippen molar-refractivity contribution in [3.63, 3.8) is 0 Å². The molecule has 13 heavy (non-hydrogen) atoms. The summed E-state index contributed by atoms with van der Waals surface area (Å²) >= 11 is 0. The van der Waals surface area contributed by atoms with E-state index < -0.39 is 39.1 Å². The standard InChI is InChI=1S/C5H8BF6O/c7-5(8,9)2-1-3-13-4-6(10,11)12/h1-4H2/q-1. The molecule has 0 amide bonds. The Kier molecular flexibility index (Phi) is 4.59. The van der Waals surface area contributed by atoms with Crippen LogP contribution in [0.2, 0.25) is 0 Å². The fourth-order valence-corrected chi connectivity index (χ4v) is 0.592. The van der Waals surface area contributed by atoms with Gasteiger partial charge in [0.15, 0.2) is 0 Å². The van der Waals surface area contributed by atoms with Gasteiger partial charge in [0.2, 0.25) is 0 Å². The summed E-state index contributed by atoms with van der Waals surface area (Å²) in [6.45, 7) is -7.00. The number of hydrogen-bond donors (Lipinski definition) is 0. The van der Waals surface area contributed by atoms with Crippen LogP contribution in [-0.2, 0) is 4.74 Å². The van der Waals surface area contributed by atoms with E-state index in [9.17, 15) is 26.1 Å². The lowest BCUT2D eigenvalue weighted by Crippen LogP contribution is -2.24. The Balaban J connectivity index is 3.28. The van der Waals surface area contributed by atoms with Crippen LogP contribution in [0, 0.1) is 0 Å². The lowest BCUT2D eigenvalue weighted by molar-refractivity contribution is -0.137. The van der Waals surface area contributed by atoms with Crippen molar-refractivity contribution in [1.82, 2.24) is 0 Å². The van der Waals surface area contributed by atoms with Gasteiger partial charge in [-0.05, 0) is 6.42 Å². The molecule has 0 unspecified atom stereocenters. The van der Waals surface area contributed by atoms with Gasteiger partial charge in [0.25, 0.3) is 0 Å². The van der Waals surface area contributed by atoms with Crippen molar-refractivity contribution in [2.75, 3.05) is 13.1 Å². The minimum Gasteiger partial charge on any atom is -0.447 e. The molecule has 1 nitrogen and oxygen atoms in total. The molecule has 0 radical (unpaired) electrons. The maximum Gasteiger partial charge on any atom is 0.503 e. The van der Waals surface area contributed by atoms with Gasteiger partial charge in [-0.2, -0.15) is 13.2 Å². The first-order valence-electron chi connectivity index (χ1n) is 3.56. The van der Waals surface area contributed by atoms with E-state index in [1.54, 1.807) is 0 Å². The molecule has 8 heteroatoms. The second-order valence-corrected chi connectivity index (χ2v) is 2.50. The van der Waals surface area contributed by atoms with E-state index in [4.69, 9.17) is 0 Å². The van der Waals surface area contributed by atoms with Crippen molar-refractivity contribution in [2.45, 2.75) is 19.0 Å². The second kappa shape index (κ2) is 4.73. The SMILES string of the molecule is F[B-](F)(F)COCCCC(F)(F)F. The lowest BCUT2D eigenvalue weighted by atomic mass is 9.95. The maximum absolute atomic E-state index is 11.4. The van der Waals surface area contributed by atoms with Crippen molar-refractivity contribution in [3.8, 4) is 0 Å². The van der Waals surface area contributed by atoms with Crippen molar-refractivity contribution in [1.29, 1.82) is 0 Å². The summed E-state index contributed by atoms with van der Waals surface area (Å²) in [4.78, 5) is 0. The van der Waals surface area contributed by atoms with Crippen LogP contribution in [0.5, 0.6) is 0 Å². The predicted octanol–water partition coefficient (Wildman–Crippen LogP) is 2.73. The highest BCUT2D eigenvalue weighted by Gasteiger charge is 2.27. The van der Waals surface area contributed by atoms with Gasteiger partial charge in [0, 0.05) is 19.5 Å². The number of hydrogen-bond acceptors (Lipinski definition) is 1. The number of alkyl halides is 3. The highest BCUT2D eigenvalue weighted by Crippen LogP contribution is 2.21. The maximum atomic E-state index is 11.4. The first-order valence-corrected chi connectivity index (χ1v) is 3.56. The second-order valence-electron chi connectivity index (χ2n) is 2.50. The summed E-state index contributed by atoms with van der Waals surface area (Å²) < 4.78 is 72.6. The molecule has 80 valence electrons. The summed E-state index contributed by atoms with van der Waals surface area (Å²) in [6, 6.07) is 0. The van der Waals surface area contributed by atoms with Gasteiger partial charge in [-0.25, -0.2) is 0 Å². The molecule has 0 fully saturated rings. The van der Waals surface area contributed by atoms with Gasteiger partial charge in [-0.1, -0.05) is 0 Å². The van der Waals surface area contributed by atoms with Crippen LogP contribution in [0.4, 0.5) is 26.1 Å². The van der Waals surface area contributed by atoms with Crippen LogP contribution in [0.15, 0.2) is 0 Å². The Morgan fingerprint density at radius 3 is 2.00 bits per heavy atom. The first-order chi connectivity index (χ1) is 5.71. The van der Waals surface area contributed by atoms with E-state index in [1.807, 2.05) is 0 Å². The fourth-order valence-electron chi connectivity index (χ4n) is 0.592. The van der Waals surface area contributed by atoms with E-state index >= 15 is 0 Å². The van der Waals surface area contributed by atoms with Crippen molar-refractivity contribution in [3.05, 3.63) is 0 Å². The summed E-state index contributed by atoms with van der Waals surface area (Å²) in [7, 11) is 0. The van der Waals surface area contributed by atoms with Crippen LogP contribution < -0.4 is 0 Å². The number of halogens is 6. The van der Waals surface area contributed by atoms with E-state index in [0.717, 1.165) is 0 Å². The Labute approximate surface area is 71.1 Å². The average molecular weight is 209 g/mol. The topological polar surface area (TPSA) is 9.23 Å².